The number of halogens is 1. The molecule has 4 N–H and O–H groups in total. The lowest BCUT2D eigenvalue weighted by molar-refractivity contribution is -0.151. The monoisotopic (exact) mass is 395 g/mol. The fourth-order valence-corrected chi connectivity index (χ4v) is 6.21. The maximum absolute atomic E-state index is 13.2. The van der Waals surface area contributed by atoms with E-state index in [-0.39, 0.29) is 29.7 Å². The highest BCUT2D eigenvalue weighted by molar-refractivity contribution is 5.79. The van der Waals surface area contributed by atoms with Crippen LogP contribution in [0, 0.1) is 0 Å². The molecule has 28 heavy (non-hydrogen) atoms. The molecular weight excluding hydrogens is 361 g/mol. The molecule has 1 amide bonds. The van der Waals surface area contributed by atoms with Crippen molar-refractivity contribution in [1.82, 2.24) is 26.4 Å². The van der Waals surface area contributed by atoms with Gasteiger partial charge < -0.3 is 10.1 Å². The molecule has 2 saturated heterocycles. The number of alkyl halides is 1. The molecule has 0 radical (unpaired) electrons. The molecule has 2 aliphatic heterocycles. The van der Waals surface area contributed by atoms with Gasteiger partial charge in [-0.1, -0.05) is 0 Å². The van der Waals surface area contributed by atoms with Crippen LogP contribution in [0.5, 0.6) is 0 Å². The van der Waals surface area contributed by atoms with E-state index in [1.165, 1.54) is 0 Å². The van der Waals surface area contributed by atoms with Gasteiger partial charge >= 0.3 is 0 Å². The summed E-state index contributed by atoms with van der Waals surface area (Å²) in [4.78, 5) is 12.3. The number of nitrogens with one attached hydrogen (secondary N) is 4. The number of hydrogen-bond acceptors (Lipinski definition) is 6. The third-order valence-electron chi connectivity index (χ3n) is 7.43. The maximum Gasteiger partial charge on any atom is 0.246 e. The number of hydrogen-bond donors (Lipinski definition) is 4. The van der Waals surface area contributed by atoms with Gasteiger partial charge in [0.15, 0.2) is 0 Å². The molecule has 0 aromatic heterocycles. The second kappa shape index (κ2) is 7.16. The summed E-state index contributed by atoms with van der Waals surface area (Å²) in [5, 5.41) is 13.1. The van der Waals surface area contributed by atoms with Crippen molar-refractivity contribution in [2.24, 2.45) is 0 Å². The molecule has 0 aromatic rings. The quantitative estimate of drug-likeness (QED) is 0.527. The van der Waals surface area contributed by atoms with E-state index < -0.39 is 6.17 Å². The van der Waals surface area contributed by atoms with Crippen LogP contribution in [0.1, 0.15) is 58.3 Å². The Balaban J connectivity index is 1.05. The summed E-state index contributed by atoms with van der Waals surface area (Å²) in [5.41, 5.74) is 3.71. The van der Waals surface area contributed by atoms with Gasteiger partial charge in [-0.2, -0.15) is 0 Å². The standard InChI is InChI=1S/C20H34FN5O2/c1-13-8-16-18(22-6-7-26(16)25-13)24-20-10-19(11-20,12-20)23-17(27)9-28-15-4-2-14(21)3-5-15/h13-16,18,22,24-25H,2-12H2,1H3,(H,23,27). The normalized spacial score (nSPS) is 47.7. The van der Waals surface area contributed by atoms with E-state index >= 15 is 0 Å². The van der Waals surface area contributed by atoms with Crippen LogP contribution < -0.4 is 21.4 Å². The topological polar surface area (TPSA) is 77.7 Å². The van der Waals surface area contributed by atoms with Crippen LogP contribution in [-0.2, 0) is 9.53 Å². The zero-order valence-corrected chi connectivity index (χ0v) is 16.8. The van der Waals surface area contributed by atoms with Crippen LogP contribution in [0.15, 0.2) is 0 Å². The number of carbonyl (C=O) groups excluding carboxylic acids is 1. The first kappa shape index (κ1) is 19.2. The lowest BCUT2D eigenvalue weighted by Gasteiger charge is -2.71. The summed E-state index contributed by atoms with van der Waals surface area (Å²) < 4.78 is 18.9. The minimum atomic E-state index is -0.688. The Morgan fingerprint density at radius 1 is 1.21 bits per heavy atom. The van der Waals surface area contributed by atoms with E-state index in [4.69, 9.17) is 4.74 Å². The van der Waals surface area contributed by atoms with E-state index in [9.17, 15) is 9.18 Å². The van der Waals surface area contributed by atoms with Crippen LogP contribution in [-0.4, -0.2) is 72.2 Å². The second-order valence-corrected chi connectivity index (χ2v) is 9.93. The summed E-state index contributed by atoms with van der Waals surface area (Å²) in [5.74, 6) is -0.0218. The number of carbonyl (C=O) groups is 1. The van der Waals surface area contributed by atoms with Crippen molar-refractivity contribution >= 4 is 5.91 Å². The Hall–Kier alpha value is -0.800. The minimum absolute atomic E-state index is 0.0218. The summed E-state index contributed by atoms with van der Waals surface area (Å²) in [6, 6.07) is 1.03. The Morgan fingerprint density at radius 2 is 1.96 bits per heavy atom. The molecule has 6 aliphatic rings. The first-order valence-corrected chi connectivity index (χ1v) is 11.0. The summed E-state index contributed by atoms with van der Waals surface area (Å²) in [6.07, 6.45) is 6.43. The van der Waals surface area contributed by atoms with Crippen molar-refractivity contribution in [3.05, 3.63) is 0 Å². The van der Waals surface area contributed by atoms with E-state index in [2.05, 4.69) is 33.3 Å². The van der Waals surface area contributed by atoms with Crippen LogP contribution in [0.3, 0.4) is 0 Å². The van der Waals surface area contributed by atoms with Crippen molar-refractivity contribution in [2.75, 3.05) is 19.7 Å². The number of piperazine rings is 1. The van der Waals surface area contributed by atoms with E-state index in [1.54, 1.807) is 0 Å². The molecule has 3 atom stereocenters. The number of amides is 1. The minimum Gasteiger partial charge on any atom is -0.368 e. The number of ether oxygens (including phenoxy) is 1. The fraction of sp³-hybridized carbons (Fsp3) is 0.950. The Bertz CT molecular complexity index is 592. The van der Waals surface area contributed by atoms with Gasteiger partial charge in [-0.25, -0.2) is 9.40 Å². The molecule has 0 spiro atoms. The van der Waals surface area contributed by atoms with E-state index in [1.807, 2.05) is 0 Å². The Morgan fingerprint density at radius 3 is 2.71 bits per heavy atom. The molecule has 2 bridgehead atoms. The van der Waals surface area contributed by atoms with Gasteiger partial charge in [-0.3, -0.25) is 20.9 Å². The van der Waals surface area contributed by atoms with Crippen molar-refractivity contribution in [3.8, 4) is 0 Å². The molecule has 8 heteroatoms. The molecular formula is C20H34FN5O2. The summed E-state index contributed by atoms with van der Waals surface area (Å²) in [6.45, 7) is 4.39. The largest absolute Gasteiger partial charge is 0.368 e. The molecule has 4 aliphatic carbocycles. The van der Waals surface area contributed by atoms with Crippen LogP contribution in [0.4, 0.5) is 4.39 Å². The fourth-order valence-electron chi connectivity index (χ4n) is 6.21. The smallest absolute Gasteiger partial charge is 0.246 e. The number of rotatable bonds is 6. The third kappa shape index (κ3) is 3.58. The van der Waals surface area contributed by atoms with Gasteiger partial charge in [0, 0.05) is 30.2 Å². The van der Waals surface area contributed by atoms with Gasteiger partial charge in [0.25, 0.3) is 0 Å². The van der Waals surface area contributed by atoms with Crippen molar-refractivity contribution in [3.63, 3.8) is 0 Å². The Labute approximate surface area is 166 Å². The highest BCUT2D eigenvalue weighted by Gasteiger charge is 2.69. The summed E-state index contributed by atoms with van der Waals surface area (Å²) in [7, 11) is 0. The molecule has 158 valence electrons. The molecule has 6 rings (SSSR count). The number of fused-ring (bicyclic) bond motifs is 1. The molecule has 6 fully saturated rings. The first-order chi connectivity index (χ1) is 13.4. The van der Waals surface area contributed by atoms with Crippen LogP contribution in [0.2, 0.25) is 0 Å². The summed E-state index contributed by atoms with van der Waals surface area (Å²) >= 11 is 0. The molecule has 3 unspecified atom stereocenters. The van der Waals surface area contributed by atoms with E-state index in [0.717, 1.165) is 51.6 Å². The first-order valence-electron chi connectivity index (χ1n) is 11.0. The van der Waals surface area contributed by atoms with Crippen molar-refractivity contribution in [2.45, 2.75) is 99.9 Å². The molecule has 0 aromatic carbocycles. The highest BCUT2D eigenvalue weighted by Crippen LogP contribution is 2.60. The predicted molar refractivity (Wildman–Crippen MR) is 103 cm³/mol. The van der Waals surface area contributed by atoms with Crippen molar-refractivity contribution in [1.29, 1.82) is 0 Å². The van der Waals surface area contributed by atoms with Gasteiger partial charge in [-0.05, 0) is 58.3 Å². The van der Waals surface area contributed by atoms with E-state index in [0.29, 0.717) is 31.1 Å². The second-order valence-electron chi connectivity index (χ2n) is 9.93. The van der Waals surface area contributed by atoms with Gasteiger partial charge in [0.2, 0.25) is 5.91 Å². The van der Waals surface area contributed by atoms with Gasteiger partial charge in [-0.15, -0.1) is 0 Å². The van der Waals surface area contributed by atoms with Gasteiger partial charge in [0.05, 0.1) is 18.3 Å². The predicted octanol–water partition coefficient (Wildman–Crippen LogP) is 0.561. The van der Waals surface area contributed by atoms with Crippen LogP contribution in [0.25, 0.3) is 0 Å². The number of hydrazine groups is 1. The lowest BCUT2D eigenvalue weighted by atomic mass is 9.44. The molecule has 7 nitrogen and oxygen atoms in total. The zero-order valence-electron chi connectivity index (χ0n) is 16.8. The van der Waals surface area contributed by atoms with Crippen molar-refractivity contribution < 1.29 is 13.9 Å². The number of nitrogens with zero attached hydrogens (tertiary/aromatic N) is 1. The average Bonchev–Trinajstić information content (AvgIpc) is 2.99. The van der Waals surface area contributed by atoms with Gasteiger partial charge in [0.1, 0.15) is 12.8 Å². The zero-order chi connectivity index (χ0) is 19.4. The highest BCUT2D eigenvalue weighted by atomic mass is 19.1. The van der Waals surface area contributed by atoms with Crippen LogP contribution >= 0.6 is 0 Å². The maximum atomic E-state index is 13.2. The average molecular weight is 396 g/mol. The molecule has 2 heterocycles. The molecule has 4 saturated carbocycles. The third-order valence-corrected chi connectivity index (χ3v) is 7.43. The lowest BCUT2D eigenvalue weighted by Crippen LogP contribution is -2.86. The SMILES string of the molecule is CC1CC2C(NC34CC(NC(=O)COC5CCC(F)CC5)(C3)C4)NCCN2N1. The Kier molecular flexibility index (Phi) is 4.91.